The zero-order valence-electron chi connectivity index (χ0n) is 9.01. The van der Waals surface area contributed by atoms with Crippen LogP contribution >= 0.6 is 0 Å². The fourth-order valence-corrected chi connectivity index (χ4v) is 1.17. The monoisotopic (exact) mass is 186 g/mol. The van der Waals surface area contributed by atoms with E-state index in [0.29, 0.717) is 0 Å². The van der Waals surface area contributed by atoms with E-state index in [-0.39, 0.29) is 29.5 Å². The molecule has 0 radical (unpaired) electrons. The van der Waals surface area contributed by atoms with Gasteiger partial charge in [0.15, 0.2) is 0 Å². The van der Waals surface area contributed by atoms with E-state index in [1.165, 1.54) is 7.11 Å². The molecular weight excluding hydrogens is 168 g/mol. The Balaban J connectivity index is 4.20. The van der Waals surface area contributed by atoms with E-state index in [0.717, 1.165) is 0 Å². The number of carbonyl (C=O) groups is 2. The molecule has 76 valence electrons. The van der Waals surface area contributed by atoms with Crippen LogP contribution in [-0.2, 0) is 14.3 Å². The number of esters is 1. The predicted molar refractivity (Wildman–Crippen MR) is 50.3 cm³/mol. The van der Waals surface area contributed by atoms with E-state index in [2.05, 4.69) is 4.74 Å². The number of ether oxygens (including phenoxy) is 1. The number of methoxy groups -OCH3 is 1. The fraction of sp³-hybridized carbons (Fsp3) is 0.800. The molecule has 0 rings (SSSR count). The largest absolute Gasteiger partial charge is 0.469 e. The van der Waals surface area contributed by atoms with Crippen LogP contribution in [-0.4, -0.2) is 18.9 Å². The second-order valence-electron chi connectivity index (χ2n) is 4.30. The first-order valence-corrected chi connectivity index (χ1v) is 4.40. The molecule has 0 saturated heterocycles. The lowest BCUT2D eigenvalue weighted by Gasteiger charge is -2.20. The van der Waals surface area contributed by atoms with Crippen LogP contribution in [0.3, 0.4) is 0 Å². The van der Waals surface area contributed by atoms with Crippen molar-refractivity contribution in [2.75, 3.05) is 7.11 Å². The van der Waals surface area contributed by atoms with Crippen molar-refractivity contribution in [2.24, 2.45) is 11.3 Å². The number of hydrogen-bond donors (Lipinski definition) is 0. The summed E-state index contributed by atoms with van der Waals surface area (Å²) in [5.41, 5.74) is -0.382. The Labute approximate surface area is 79.5 Å². The molecule has 0 N–H and O–H groups in total. The van der Waals surface area contributed by atoms with Crippen LogP contribution in [0.5, 0.6) is 0 Å². The second-order valence-corrected chi connectivity index (χ2v) is 4.30. The fourth-order valence-electron chi connectivity index (χ4n) is 1.17. The lowest BCUT2D eigenvalue weighted by Crippen LogP contribution is -2.28. The molecule has 0 fully saturated rings. The topological polar surface area (TPSA) is 43.4 Å². The van der Waals surface area contributed by atoms with Crippen LogP contribution in [0.15, 0.2) is 0 Å². The summed E-state index contributed by atoms with van der Waals surface area (Å²) in [5.74, 6) is -0.490. The summed E-state index contributed by atoms with van der Waals surface area (Å²) >= 11 is 0. The summed E-state index contributed by atoms with van der Waals surface area (Å²) < 4.78 is 4.49. The van der Waals surface area contributed by atoms with Gasteiger partial charge in [-0.25, -0.2) is 0 Å². The van der Waals surface area contributed by atoms with Crippen LogP contribution in [0.2, 0.25) is 0 Å². The average Bonchev–Trinajstić information content (AvgIpc) is 2.01. The van der Waals surface area contributed by atoms with Gasteiger partial charge in [-0.05, 0) is 0 Å². The molecule has 0 aliphatic carbocycles. The summed E-state index contributed by atoms with van der Waals surface area (Å²) in [6.45, 7) is 7.31. The minimum atomic E-state index is -0.382. The molecule has 0 aromatic carbocycles. The minimum Gasteiger partial charge on any atom is -0.469 e. The summed E-state index contributed by atoms with van der Waals surface area (Å²) in [6.07, 6.45) is 0.173. The van der Waals surface area contributed by atoms with Gasteiger partial charge in [0.25, 0.3) is 0 Å². The van der Waals surface area contributed by atoms with Crippen molar-refractivity contribution < 1.29 is 14.3 Å². The van der Waals surface area contributed by atoms with Crippen LogP contribution in [0.25, 0.3) is 0 Å². The Hall–Kier alpha value is -0.860. The first-order valence-electron chi connectivity index (χ1n) is 4.40. The van der Waals surface area contributed by atoms with Gasteiger partial charge < -0.3 is 4.74 Å². The van der Waals surface area contributed by atoms with Gasteiger partial charge >= 0.3 is 5.97 Å². The molecule has 1 atom stereocenters. The van der Waals surface area contributed by atoms with Gasteiger partial charge in [0, 0.05) is 11.3 Å². The first-order chi connectivity index (χ1) is 5.79. The molecule has 0 spiro atoms. The van der Waals surface area contributed by atoms with E-state index in [1.807, 2.05) is 20.8 Å². The third-order valence-electron chi connectivity index (χ3n) is 1.89. The number of hydrogen-bond acceptors (Lipinski definition) is 3. The molecule has 0 aromatic rings. The molecule has 0 aliphatic heterocycles. The Kier molecular flexibility index (Phi) is 4.11. The van der Waals surface area contributed by atoms with Crippen LogP contribution in [0.4, 0.5) is 0 Å². The van der Waals surface area contributed by atoms with Gasteiger partial charge in [-0.2, -0.15) is 0 Å². The predicted octanol–water partition coefficient (Wildman–Crippen LogP) is 1.80. The van der Waals surface area contributed by atoms with E-state index in [1.54, 1.807) is 6.92 Å². The van der Waals surface area contributed by atoms with Gasteiger partial charge in [0.1, 0.15) is 5.78 Å². The SMILES string of the molecule is COC(=O)CC(C)C(=O)C(C)(C)C. The molecule has 0 heterocycles. The molecule has 0 aromatic heterocycles. The van der Waals surface area contributed by atoms with Crippen molar-refractivity contribution in [1.82, 2.24) is 0 Å². The second kappa shape index (κ2) is 4.40. The quantitative estimate of drug-likeness (QED) is 0.631. The van der Waals surface area contributed by atoms with Gasteiger partial charge in [-0.3, -0.25) is 9.59 Å². The lowest BCUT2D eigenvalue weighted by molar-refractivity contribution is -0.144. The van der Waals surface area contributed by atoms with Crippen molar-refractivity contribution >= 4 is 11.8 Å². The van der Waals surface area contributed by atoms with Crippen molar-refractivity contribution in [3.05, 3.63) is 0 Å². The Morgan fingerprint density at radius 2 is 1.77 bits per heavy atom. The summed E-state index contributed by atoms with van der Waals surface area (Å²) in [6, 6.07) is 0. The molecule has 3 nitrogen and oxygen atoms in total. The minimum absolute atomic E-state index is 0.0953. The zero-order chi connectivity index (χ0) is 10.6. The number of ketones is 1. The maximum absolute atomic E-state index is 11.6. The van der Waals surface area contributed by atoms with Crippen molar-refractivity contribution in [3.63, 3.8) is 0 Å². The number of carbonyl (C=O) groups excluding carboxylic acids is 2. The van der Waals surface area contributed by atoms with Crippen molar-refractivity contribution in [3.8, 4) is 0 Å². The highest BCUT2D eigenvalue weighted by Crippen LogP contribution is 2.21. The standard InChI is InChI=1S/C10H18O3/c1-7(6-8(11)13-5)9(12)10(2,3)4/h7H,6H2,1-5H3. The van der Waals surface area contributed by atoms with Gasteiger partial charge in [-0.15, -0.1) is 0 Å². The van der Waals surface area contributed by atoms with Gasteiger partial charge in [0.2, 0.25) is 0 Å². The first kappa shape index (κ1) is 12.1. The summed E-state index contributed by atoms with van der Waals surface area (Å²) in [5, 5.41) is 0. The molecule has 0 amide bonds. The highest BCUT2D eigenvalue weighted by molar-refractivity contribution is 5.88. The normalized spacial score (nSPS) is 13.6. The highest BCUT2D eigenvalue weighted by atomic mass is 16.5. The van der Waals surface area contributed by atoms with Crippen molar-refractivity contribution in [1.29, 1.82) is 0 Å². The summed E-state index contributed by atoms with van der Waals surface area (Å²) in [4.78, 5) is 22.5. The molecular formula is C10H18O3. The van der Waals surface area contributed by atoms with Gasteiger partial charge in [0.05, 0.1) is 13.5 Å². The number of rotatable bonds is 3. The van der Waals surface area contributed by atoms with Crippen LogP contribution in [0, 0.1) is 11.3 Å². The third-order valence-corrected chi connectivity index (χ3v) is 1.89. The van der Waals surface area contributed by atoms with E-state index in [9.17, 15) is 9.59 Å². The maximum Gasteiger partial charge on any atom is 0.306 e. The zero-order valence-corrected chi connectivity index (χ0v) is 9.01. The third kappa shape index (κ3) is 4.06. The van der Waals surface area contributed by atoms with Crippen molar-refractivity contribution in [2.45, 2.75) is 34.1 Å². The van der Waals surface area contributed by atoms with Crippen LogP contribution < -0.4 is 0 Å². The average molecular weight is 186 g/mol. The van der Waals surface area contributed by atoms with E-state index < -0.39 is 0 Å². The molecule has 1 unspecified atom stereocenters. The van der Waals surface area contributed by atoms with Crippen LogP contribution in [0.1, 0.15) is 34.1 Å². The highest BCUT2D eigenvalue weighted by Gasteiger charge is 2.28. The lowest BCUT2D eigenvalue weighted by atomic mass is 9.82. The molecule has 3 heteroatoms. The Bertz CT molecular complexity index is 201. The smallest absolute Gasteiger partial charge is 0.306 e. The molecule has 0 aliphatic rings. The molecule has 0 bridgehead atoms. The summed E-state index contributed by atoms with van der Waals surface area (Å²) in [7, 11) is 1.33. The Morgan fingerprint density at radius 1 is 1.31 bits per heavy atom. The Morgan fingerprint density at radius 3 is 2.08 bits per heavy atom. The van der Waals surface area contributed by atoms with E-state index >= 15 is 0 Å². The maximum atomic E-state index is 11.6. The molecule has 13 heavy (non-hydrogen) atoms. The molecule has 0 saturated carbocycles. The number of Topliss-reactive ketones (excluding diaryl/α,β-unsaturated/α-hetero) is 1. The van der Waals surface area contributed by atoms with Gasteiger partial charge in [-0.1, -0.05) is 27.7 Å². The van der Waals surface area contributed by atoms with E-state index in [4.69, 9.17) is 0 Å².